The fraction of sp³-hybridized carbons (Fsp3) is 0.462. The van der Waals surface area contributed by atoms with Crippen LogP contribution in [0.4, 0.5) is 5.82 Å². The van der Waals surface area contributed by atoms with Crippen molar-refractivity contribution in [3.8, 4) is 5.88 Å². The molecular weight excluding hydrogens is 242 g/mol. The molecule has 0 saturated carbocycles. The highest BCUT2D eigenvalue weighted by atomic mass is 16.5. The van der Waals surface area contributed by atoms with Crippen LogP contribution in [0.3, 0.4) is 0 Å². The van der Waals surface area contributed by atoms with Crippen molar-refractivity contribution in [1.82, 2.24) is 19.7 Å². The Morgan fingerprint density at radius 1 is 1.37 bits per heavy atom. The molecule has 0 aliphatic heterocycles. The lowest BCUT2D eigenvalue weighted by atomic mass is 10.3. The van der Waals surface area contributed by atoms with E-state index in [-0.39, 0.29) is 0 Å². The predicted octanol–water partition coefficient (Wildman–Crippen LogP) is 1.88. The third-order valence-electron chi connectivity index (χ3n) is 2.73. The standard InChI is InChI=1S/C13H19N5O/c1-3-19-13-11(2)12(15-10-16-13)14-6-4-8-18-9-5-7-17-18/h5,7,9-10H,3-4,6,8H2,1-2H3,(H,14,15,16). The second-order valence-electron chi connectivity index (χ2n) is 4.13. The minimum absolute atomic E-state index is 0.608. The SMILES string of the molecule is CCOc1ncnc(NCCCn2cccn2)c1C. The molecule has 0 fully saturated rings. The first-order chi connectivity index (χ1) is 9.31. The van der Waals surface area contributed by atoms with Crippen LogP contribution in [-0.4, -0.2) is 32.9 Å². The molecule has 0 unspecified atom stereocenters. The summed E-state index contributed by atoms with van der Waals surface area (Å²) < 4.78 is 7.35. The molecule has 0 atom stereocenters. The first-order valence-electron chi connectivity index (χ1n) is 6.47. The lowest BCUT2D eigenvalue weighted by molar-refractivity contribution is 0.324. The second-order valence-corrected chi connectivity index (χ2v) is 4.13. The molecule has 0 spiro atoms. The molecule has 0 aliphatic carbocycles. The summed E-state index contributed by atoms with van der Waals surface area (Å²) in [5.74, 6) is 1.48. The van der Waals surface area contributed by atoms with Crippen molar-refractivity contribution < 1.29 is 4.74 Å². The van der Waals surface area contributed by atoms with E-state index in [4.69, 9.17) is 4.74 Å². The third kappa shape index (κ3) is 3.67. The van der Waals surface area contributed by atoms with Gasteiger partial charge in [0.15, 0.2) is 0 Å². The van der Waals surface area contributed by atoms with Crippen LogP contribution in [0.15, 0.2) is 24.8 Å². The van der Waals surface area contributed by atoms with E-state index in [9.17, 15) is 0 Å². The van der Waals surface area contributed by atoms with Gasteiger partial charge in [0.05, 0.1) is 12.2 Å². The zero-order valence-electron chi connectivity index (χ0n) is 11.3. The fourth-order valence-corrected chi connectivity index (χ4v) is 1.78. The quantitative estimate of drug-likeness (QED) is 0.771. The molecule has 0 aliphatic rings. The van der Waals surface area contributed by atoms with Crippen LogP contribution in [0, 0.1) is 6.92 Å². The summed E-state index contributed by atoms with van der Waals surface area (Å²) in [7, 11) is 0. The maximum atomic E-state index is 5.44. The molecule has 102 valence electrons. The number of ether oxygens (including phenoxy) is 1. The summed E-state index contributed by atoms with van der Waals surface area (Å²) in [6, 6.07) is 1.93. The predicted molar refractivity (Wildman–Crippen MR) is 73.3 cm³/mol. The highest BCUT2D eigenvalue weighted by molar-refractivity contribution is 5.47. The maximum Gasteiger partial charge on any atom is 0.221 e. The highest BCUT2D eigenvalue weighted by Gasteiger charge is 2.06. The monoisotopic (exact) mass is 261 g/mol. The number of hydrogen-bond acceptors (Lipinski definition) is 5. The Morgan fingerprint density at radius 2 is 2.26 bits per heavy atom. The molecule has 2 aromatic rings. The van der Waals surface area contributed by atoms with Gasteiger partial charge in [-0.2, -0.15) is 5.10 Å². The molecule has 1 N–H and O–H groups in total. The minimum atomic E-state index is 0.608. The van der Waals surface area contributed by atoms with E-state index in [1.165, 1.54) is 6.33 Å². The summed E-state index contributed by atoms with van der Waals surface area (Å²) in [5.41, 5.74) is 0.948. The summed E-state index contributed by atoms with van der Waals surface area (Å²) in [6.07, 6.45) is 6.25. The molecule has 0 aromatic carbocycles. The number of aryl methyl sites for hydroxylation is 1. The van der Waals surface area contributed by atoms with Gasteiger partial charge in [0.1, 0.15) is 12.1 Å². The summed E-state index contributed by atoms with van der Waals surface area (Å²) in [5, 5.41) is 7.46. The lowest BCUT2D eigenvalue weighted by Gasteiger charge is -2.11. The Kier molecular flexibility index (Phi) is 4.72. The molecule has 0 bridgehead atoms. The van der Waals surface area contributed by atoms with Gasteiger partial charge in [0, 0.05) is 25.5 Å². The average Bonchev–Trinajstić information content (AvgIpc) is 2.92. The fourth-order valence-electron chi connectivity index (χ4n) is 1.78. The van der Waals surface area contributed by atoms with Crippen molar-refractivity contribution in [1.29, 1.82) is 0 Å². The van der Waals surface area contributed by atoms with Crippen molar-refractivity contribution >= 4 is 5.82 Å². The number of nitrogens with zero attached hydrogens (tertiary/aromatic N) is 4. The minimum Gasteiger partial charge on any atom is -0.478 e. The smallest absolute Gasteiger partial charge is 0.221 e. The van der Waals surface area contributed by atoms with Crippen LogP contribution in [0.5, 0.6) is 5.88 Å². The molecule has 2 aromatic heterocycles. The topological polar surface area (TPSA) is 64.9 Å². The van der Waals surface area contributed by atoms with Crippen LogP contribution in [-0.2, 0) is 6.54 Å². The second kappa shape index (κ2) is 6.72. The van der Waals surface area contributed by atoms with Crippen LogP contribution < -0.4 is 10.1 Å². The van der Waals surface area contributed by atoms with Gasteiger partial charge < -0.3 is 10.1 Å². The Hall–Kier alpha value is -2.11. The van der Waals surface area contributed by atoms with E-state index < -0.39 is 0 Å². The van der Waals surface area contributed by atoms with Crippen molar-refractivity contribution in [3.05, 3.63) is 30.4 Å². The summed E-state index contributed by atoms with van der Waals surface area (Å²) in [4.78, 5) is 8.34. The average molecular weight is 261 g/mol. The zero-order chi connectivity index (χ0) is 13.5. The van der Waals surface area contributed by atoms with Crippen LogP contribution in [0.25, 0.3) is 0 Å². The van der Waals surface area contributed by atoms with Gasteiger partial charge in [-0.25, -0.2) is 9.97 Å². The number of nitrogens with one attached hydrogen (secondary N) is 1. The van der Waals surface area contributed by atoms with Gasteiger partial charge in [-0.3, -0.25) is 4.68 Å². The van der Waals surface area contributed by atoms with Gasteiger partial charge in [0.25, 0.3) is 0 Å². The molecule has 2 heterocycles. The molecule has 0 amide bonds. The van der Waals surface area contributed by atoms with Gasteiger partial charge in [0.2, 0.25) is 5.88 Å². The van der Waals surface area contributed by atoms with Gasteiger partial charge in [-0.05, 0) is 26.3 Å². The molecule has 6 nitrogen and oxygen atoms in total. The molecule has 2 rings (SSSR count). The summed E-state index contributed by atoms with van der Waals surface area (Å²) >= 11 is 0. The van der Waals surface area contributed by atoms with E-state index in [1.54, 1.807) is 6.20 Å². The molecular formula is C13H19N5O. The van der Waals surface area contributed by atoms with E-state index >= 15 is 0 Å². The van der Waals surface area contributed by atoms with Crippen molar-refractivity contribution in [2.75, 3.05) is 18.5 Å². The van der Waals surface area contributed by atoms with Gasteiger partial charge >= 0.3 is 0 Å². The van der Waals surface area contributed by atoms with E-state index in [2.05, 4.69) is 20.4 Å². The molecule has 0 radical (unpaired) electrons. The lowest BCUT2D eigenvalue weighted by Crippen LogP contribution is -2.10. The highest BCUT2D eigenvalue weighted by Crippen LogP contribution is 2.19. The number of anilines is 1. The van der Waals surface area contributed by atoms with E-state index in [0.29, 0.717) is 12.5 Å². The summed E-state index contributed by atoms with van der Waals surface area (Å²) in [6.45, 7) is 6.24. The Morgan fingerprint density at radius 3 is 3.00 bits per heavy atom. The molecule has 19 heavy (non-hydrogen) atoms. The maximum absolute atomic E-state index is 5.44. The number of aromatic nitrogens is 4. The third-order valence-corrected chi connectivity index (χ3v) is 2.73. The van der Waals surface area contributed by atoms with Crippen LogP contribution >= 0.6 is 0 Å². The first kappa shape index (κ1) is 13.3. The van der Waals surface area contributed by atoms with Crippen LogP contribution in [0.1, 0.15) is 18.9 Å². The van der Waals surface area contributed by atoms with Crippen LogP contribution in [0.2, 0.25) is 0 Å². The molecule has 0 saturated heterocycles. The number of hydrogen-bond donors (Lipinski definition) is 1. The largest absolute Gasteiger partial charge is 0.478 e. The van der Waals surface area contributed by atoms with E-state index in [0.717, 1.165) is 30.9 Å². The Bertz CT molecular complexity index is 498. The Balaban J connectivity index is 1.83. The zero-order valence-corrected chi connectivity index (χ0v) is 11.3. The van der Waals surface area contributed by atoms with Crippen molar-refractivity contribution in [2.45, 2.75) is 26.8 Å². The normalized spacial score (nSPS) is 10.4. The van der Waals surface area contributed by atoms with E-state index in [1.807, 2.05) is 30.8 Å². The van der Waals surface area contributed by atoms with Gasteiger partial charge in [-0.1, -0.05) is 0 Å². The Labute approximate surface area is 112 Å². The molecule has 6 heteroatoms. The first-order valence-corrected chi connectivity index (χ1v) is 6.47. The number of rotatable bonds is 7. The van der Waals surface area contributed by atoms with Crippen molar-refractivity contribution in [3.63, 3.8) is 0 Å². The van der Waals surface area contributed by atoms with Crippen molar-refractivity contribution in [2.24, 2.45) is 0 Å². The van der Waals surface area contributed by atoms with Gasteiger partial charge in [-0.15, -0.1) is 0 Å².